The Labute approximate surface area is 139 Å². The highest BCUT2D eigenvalue weighted by atomic mass is 16.4. The molecule has 0 unspecified atom stereocenters. The third-order valence-corrected chi connectivity index (χ3v) is 3.45. The van der Waals surface area contributed by atoms with Crippen LogP contribution in [0.15, 0.2) is 48.8 Å². The van der Waals surface area contributed by atoms with E-state index in [9.17, 15) is 9.59 Å². The van der Waals surface area contributed by atoms with Gasteiger partial charge in [-0.15, -0.1) is 0 Å². The van der Waals surface area contributed by atoms with Crippen molar-refractivity contribution in [3.8, 4) is 0 Å². The summed E-state index contributed by atoms with van der Waals surface area (Å²) in [6, 6.07) is 10.4. The Morgan fingerprint density at radius 2 is 1.67 bits per heavy atom. The van der Waals surface area contributed by atoms with E-state index in [4.69, 9.17) is 10.8 Å². The monoisotopic (exact) mass is 328 g/mol. The van der Waals surface area contributed by atoms with Crippen LogP contribution in [0.2, 0.25) is 0 Å². The van der Waals surface area contributed by atoms with E-state index in [-0.39, 0.29) is 12.5 Å². The lowest BCUT2D eigenvalue weighted by molar-refractivity contribution is -0.122. The van der Waals surface area contributed by atoms with Crippen LogP contribution in [-0.2, 0) is 24.3 Å². The molecule has 2 rings (SSSR count). The van der Waals surface area contributed by atoms with E-state index in [0.29, 0.717) is 13.0 Å². The molecule has 1 aromatic carbocycles. The third-order valence-electron chi connectivity index (χ3n) is 3.45. The minimum absolute atomic E-state index is 0.226. The Hall–Kier alpha value is -2.93. The largest absolute Gasteiger partial charge is 0.465 e. The summed E-state index contributed by atoms with van der Waals surface area (Å²) >= 11 is 0. The summed E-state index contributed by atoms with van der Waals surface area (Å²) in [7, 11) is 0. The summed E-state index contributed by atoms with van der Waals surface area (Å²) in [6.45, 7) is 0.615. The van der Waals surface area contributed by atoms with Gasteiger partial charge in [-0.1, -0.05) is 30.3 Å². The topological polar surface area (TPSA) is 117 Å². The minimum atomic E-state index is -1.06. The van der Waals surface area contributed by atoms with Gasteiger partial charge >= 0.3 is 6.09 Å². The lowest BCUT2D eigenvalue weighted by Crippen LogP contribution is -2.41. The minimum Gasteiger partial charge on any atom is -0.465 e. The number of nitrogens with zero attached hydrogens (tertiary/aromatic N) is 1. The van der Waals surface area contributed by atoms with Gasteiger partial charge < -0.3 is 21.5 Å². The molecule has 5 N–H and O–H groups in total. The standard InChI is InChI=1S/C17H20N4O3/c18-15(8-14-2-1-7-19-9-14)16(22)20-10-12-3-5-13(6-4-12)11-21-17(23)24/h1-7,9,15,21H,8,10-11,18H2,(H,20,22)(H,23,24)/t15-/m0/s1. The number of nitrogens with two attached hydrogens (primary N) is 1. The number of carbonyl (C=O) groups is 2. The zero-order chi connectivity index (χ0) is 17.4. The molecule has 0 spiro atoms. The van der Waals surface area contributed by atoms with Crippen molar-refractivity contribution >= 4 is 12.0 Å². The molecule has 0 saturated heterocycles. The van der Waals surface area contributed by atoms with Gasteiger partial charge in [-0.2, -0.15) is 0 Å². The van der Waals surface area contributed by atoms with E-state index in [1.54, 1.807) is 18.5 Å². The van der Waals surface area contributed by atoms with E-state index in [0.717, 1.165) is 16.7 Å². The van der Waals surface area contributed by atoms with Crippen LogP contribution in [0.1, 0.15) is 16.7 Å². The number of aromatic nitrogens is 1. The number of nitrogens with one attached hydrogen (secondary N) is 2. The zero-order valence-corrected chi connectivity index (χ0v) is 13.1. The van der Waals surface area contributed by atoms with E-state index in [2.05, 4.69) is 15.6 Å². The number of hydrogen-bond acceptors (Lipinski definition) is 4. The van der Waals surface area contributed by atoms with Crippen molar-refractivity contribution in [2.24, 2.45) is 5.73 Å². The van der Waals surface area contributed by atoms with Crippen molar-refractivity contribution in [3.05, 3.63) is 65.5 Å². The first-order chi connectivity index (χ1) is 11.5. The first kappa shape index (κ1) is 17.4. The molecule has 7 nitrogen and oxygen atoms in total. The van der Waals surface area contributed by atoms with Crippen LogP contribution in [0.4, 0.5) is 4.79 Å². The van der Waals surface area contributed by atoms with Gasteiger partial charge in [0.2, 0.25) is 5.91 Å². The summed E-state index contributed by atoms with van der Waals surface area (Å²) in [5.41, 5.74) is 8.58. The fraction of sp³-hybridized carbons (Fsp3) is 0.235. The number of amides is 2. The summed E-state index contributed by atoms with van der Waals surface area (Å²) < 4.78 is 0. The van der Waals surface area contributed by atoms with Crippen LogP contribution in [0.25, 0.3) is 0 Å². The molecule has 2 amide bonds. The first-order valence-corrected chi connectivity index (χ1v) is 7.51. The van der Waals surface area contributed by atoms with Gasteiger partial charge in [-0.05, 0) is 29.2 Å². The van der Waals surface area contributed by atoms with Gasteiger partial charge in [0, 0.05) is 25.5 Å². The molecule has 0 saturated carbocycles. The van der Waals surface area contributed by atoms with Crippen molar-refractivity contribution in [2.45, 2.75) is 25.6 Å². The van der Waals surface area contributed by atoms with Crippen molar-refractivity contribution < 1.29 is 14.7 Å². The molecule has 0 aliphatic carbocycles. The quantitative estimate of drug-likeness (QED) is 0.606. The van der Waals surface area contributed by atoms with Gasteiger partial charge in [-0.3, -0.25) is 9.78 Å². The second kappa shape index (κ2) is 8.64. The first-order valence-electron chi connectivity index (χ1n) is 7.51. The van der Waals surface area contributed by atoms with Gasteiger partial charge in [0.15, 0.2) is 0 Å². The average Bonchev–Trinajstić information content (AvgIpc) is 2.59. The van der Waals surface area contributed by atoms with Crippen LogP contribution in [0.5, 0.6) is 0 Å². The van der Waals surface area contributed by atoms with E-state index < -0.39 is 12.1 Å². The molecule has 24 heavy (non-hydrogen) atoms. The zero-order valence-electron chi connectivity index (χ0n) is 13.1. The van der Waals surface area contributed by atoms with Crippen molar-refractivity contribution in [1.82, 2.24) is 15.6 Å². The van der Waals surface area contributed by atoms with Gasteiger partial charge in [0.05, 0.1) is 6.04 Å². The summed E-state index contributed by atoms with van der Waals surface area (Å²) in [6.07, 6.45) is 2.73. The van der Waals surface area contributed by atoms with Crippen LogP contribution < -0.4 is 16.4 Å². The molecule has 0 radical (unpaired) electrons. The number of hydrogen-bond donors (Lipinski definition) is 4. The van der Waals surface area contributed by atoms with Crippen molar-refractivity contribution in [2.75, 3.05) is 0 Å². The van der Waals surface area contributed by atoms with Gasteiger partial charge in [-0.25, -0.2) is 4.79 Å². The predicted molar refractivity (Wildman–Crippen MR) is 89.1 cm³/mol. The highest BCUT2D eigenvalue weighted by Crippen LogP contribution is 2.05. The van der Waals surface area contributed by atoms with Crippen LogP contribution in [-0.4, -0.2) is 28.1 Å². The third kappa shape index (κ3) is 5.69. The van der Waals surface area contributed by atoms with E-state index >= 15 is 0 Å². The molecule has 2 aromatic rings. The molecule has 1 atom stereocenters. The number of carbonyl (C=O) groups excluding carboxylic acids is 1. The molecule has 0 bridgehead atoms. The second-order valence-corrected chi connectivity index (χ2v) is 5.36. The summed E-state index contributed by atoms with van der Waals surface area (Å²) in [5, 5.41) is 13.6. The Balaban J connectivity index is 1.79. The smallest absolute Gasteiger partial charge is 0.404 e. The maximum absolute atomic E-state index is 12.0. The van der Waals surface area contributed by atoms with Crippen LogP contribution in [0.3, 0.4) is 0 Å². The van der Waals surface area contributed by atoms with Crippen LogP contribution >= 0.6 is 0 Å². The average molecular weight is 328 g/mol. The normalized spacial score (nSPS) is 11.5. The number of benzene rings is 1. The molecule has 1 aromatic heterocycles. The van der Waals surface area contributed by atoms with E-state index in [1.807, 2.05) is 30.3 Å². The van der Waals surface area contributed by atoms with Crippen molar-refractivity contribution in [1.29, 1.82) is 0 Å². The maximum Gasteiger partial charge on any atom is 0.404 e. The number of carboxylic acid groups (broad SMARTS) is 1. The number of pyridine rings is 1. The fourth-order valence-electron chi connectivity index (χ4n) is 2.14. The SMILES string of the molecule is N[C@@H](Cc1cccnc1)C(=O)NCc1ccc(CNC(=O)O)cc1. The molecular formula is C17H20N4O3. The highest BCUT2D eigenvalue weighted by Gasteiger charge is 2.13. The lowest BCUT2D eigenvalue weighted by atomic mass is 10.1. The molecule has 1 heterocycles. The Bertz CT molecular complexity index is 674. The molecule has 126 valence electrons. The molecule has 7 heteroatoms. The highest BCUT2D eigenvalue weighted by molar-refractivity contribution is 5.81. The Morgan fingerprint density at radius 3 is 2.21 bits per heavy atom. The Morgan fingerprint density at radius 1 is 1.04 bits per heavy atom. The molecular weight excluding hydrogens is 308 g/mol. The van der Waals surface area contributed by atoms with Crippen LogP contribution in [0, 0.1) is 0 Å². The molecule has 0 fully saturated rings. The maximum atomic E-state index is 12.0. The Kier molecular flexibility index (Phi) is 6.27. The van der Waals surface area contributed by atoms with Gasteiger partial charge in [0.1, 0.15) is 0 Å². The number of rotatable bonds is 7. The van der Waals surface area contributed by atoms with Crippen molar-refractivity contribution in [3.63, 3.8) is 0 Å². The summed E-state index contributed by atoms with van der Waals surface area (Å²) in [5.74, 6) is -0.226. The van der Waals surface area contributed by atoms with E-state index in [1.165, 1.54) is 0 Å². The lowest BCUT2D eigenvalue weighted by Gasteiger charge is -2.12. The molecule has 0 aliphatic rings. The predicted octanol–water partition coefficient (Wildman–Crippen LogP) is 1.04. The summed E-state index contributed by atoms with van der Waals surface area (Å²) in [4.78, 5) is 26.5. The molecule has 0 aliphatic heterocycles. The second-order valence-electron chi connectivity index (χ2n) is 5.36. The van der Waals surface area contributed by atoms with Gasteiger partial charge in [0.25, 0.3) is 0 Å². The fourth-order valence-corrected chi connectivity index (χ4v) is 2.14.